The Morgan fingerprint density at radius 1 is 1.12 bits per heavy atom. The van der Waals surface area contributed by atoms with E-state index in [0.717, 1.165) is 39.2 Å². The average molecular weight is 370 g/mol. The molecular formula is C17H11FN4OS2. The summed E-state index contributed by atoms with van der Waals surface area (Å²) >= 11 is 2.87. The van der Waals surface area contributed by atoms with Gasteiger partial charge in [-0.1, -0.05) is 12.1 Å². The fourth-order valence-corrected chi connectivity index (χ4v) is 4.37. The van der Waals surface area contributed by atoms with Crippen molar-refractivity contribution in [2.24, 2.45) is 0 Å². The van der Waals surface area contributed by atoms with Crippen molar-refractivity contribution in [1.29, 1.82) is 0 Å². The molecule has 4 aromatic rings. The number of hydrogen-bond acceptors (Lipinski definition) is 7. The smallest absolute Gasteiger partial charge is 0.282 e. The standard InChI is InChI=1S/C17H11FN4OS2/c18-11-5-3-9(4-6-11)12-7-24-15-13(12)16(20-8-19-15)25-17-22-21-14(23-17)10-1-2-10/h3-8,10H,1-2H2. The molecule has 1 aliphatic carbocycles. The summed E-state index contributed by atoms with van der Waals surface area (Å²) in [4.78, 5) is 9.62. The number of aromatic nitrogens is 4. The van der Waals surface area contributed by atoms with Crippen molar-refractivity contribution in [2.45, 2.75) is 29.0 Å². The molecule has 1 aromatic carbocycles. The van der Waals surface area contributed by atoms with Crippen molar-refractivity contribution in [3.8, 4) is 11.1 Å². The number of fused-ring (bicyclic) bond motifs is 1. The van der Waals surface area contributed by atoms with E-state index in [-0.39, 0.29) is 5.82 Å². The van der Waals surface area contributed by atoms with E-state index in [1.54, 1.807) is 12.1 Å². The van der Waals surface area contributed by atoms with E-state index < -0.39 is 0 Å². The second-order valence-electron chi connectivity index (χ2n) is 5.80. The molecule has 8 heteroatoms. The lowest BCUT2D eigenvalue weighted by Crippen LogP contribution is -1.86. The zero-order valence-corrected chi connectivity index (χ0v) is 14.5. The molecular weight excluding hydrogens is 359 g/mol. The Kier molecular flexibility index (Phi) is 3.53. The summed E-state index contributed by atoms with van der Waals surface area (Å²) in [7, 11) is 0. The van der Waals surface area contributed by atoms with Crippen molar-refractivity contribution in [3.63, 3.8) is 0 Å². The van der Waals surface area contributed by atoms with Crippen LogP contribution >= 0.6 is 23.1 Å². The van der Waals surface area contributed by atoms with Gasteiger partial charge in [-0.25, -0.2) is 14.4 Å². The number of nitrogens with zero attached hydrogens (tertiary/aromatic N) is 4. The first-order valence-electron chi connectivity index (χ1n) is 7.77. The van der Waals surface area contributed by atoms with E-state index >= 15 is 0 Å². The Morgan fingerprint density at radius 2 is 1.96 bits per heavy atom. The van der Waals surface area contributed by atoms with Crippen molar-refractivity contribution >= 4 is 33.3 Å². The normalized spacial score (nSPS) is 14.3. The van der Waals surface area contributed by atoms with Gasteiger partial charge in [-0.05, 0) is 42.3 Å². The zero-order chi connectivity index (χ0) is 16.8. The van der Waals surface area contributed by atoms with Gasteiger partial charge in [0.2, 0.25) is 5.89 Å². The first kappa shape index (κ1) is 15.0. The van der Waals surface area contributed by atoms with Crippen LogP contribution < -0.4 is 0 Å². The molecule has 0 unspecified atom stereocenters. The molecule has 0 bridgehead atoms. The van der Waals surface area contributed by atoms with Gasteiger partial charge in [0.05, 0.1) is 5.39 Å². The molecule has 0 radical (unpaired) electrons. The highest BCUT2D eigenvalue weighted by Crippen LogP contribution is 2.42. The molecule has 1 aliphatic rings. The molecule has 25 heavy (non-hydrogen) atoms. The highest BCUT2D eigenvalue weighted by molar-refractivity contribution is 7.99. The van der Waals surface area contributed by atoms with Gasteiger partial charge in [0, 0.05) is 16.9 Å². The summed E-state index contributed by atoms with van der Waals surface area (Å²) in [6.07, 6.45) is 3.76. The van der Waals surface area contributed by atoms with Gasteiger partial charge >= 0.3 is 0 Å². The monoisotopic (exact) mass is 370 g/mol. The molecule has 124 valence electrons. The van der Waals surface area contributed by atoms with Crippen molar-refractivity contribution in [3.05, 3.63) is 47.7 Å². The largest absolute Gasteiger partial charge is 0.415 e. The molecule has 0 saturated heterocycles. The van der Waals surface area contributed by atoms with Crippen LogP contribution in [-0.4, -0.2) is 20.2 Å². The van der Waals surface area contributed by atoms with Crippen molar-refractivity contribution in [2.75, 3.05) is 0 Å². The number of thiophene rings is 1. The predicted octanol–water partition coefficient (Wildman–Crippen LogP) is 4.91. The van der Waals surface area contributed by atoms with Crippen LogP contribution in [0.25, 0.3) is 21.3 Å². The fraction of sp³-hybridized carbons (Fsp3) is 0.176. The topological polar surface area (TPSA) is 64.7 Å². The molecule has 5 nitrogen and oxygen atoms in total. The molecule has 1 saturated carbocycles. The first-order chi connectivity index (χ1) is 12.3. The predicted molar refractivity (Wildman–Crippen MR) is 93.2 cm³/mol. The molecule has 1 fully saturated rings. The molecule has 0 spiro atoms. The Labute approximate surface area is 150 Å². The van der Waals surface area contributed by atoms with Crippen LogP contribution in [0.3, 0.4) is 0 Å². The molecule has 0 aliphatic heterocycles. The Bertz CT molecular complexity index is 1060. The van der Waals surface area contributed by atoms with E-state index in [0.29, 0.717) is 17.0 Å². The quantitative estimate of drug-likeness (QED) is 0.476. The Hall–Kier alpha value is -2.32. The van der Waals surface area contributed by atoms with E-state index in [4.69, 9.17) is 4.42 Å². The highest BCUT2D eigenvalue weighted by Gasteiger charge is 2.29. The molecule has 0 amide bonds. The maximum atomic E-state index is 13.2. The summed E-state index contributed by atoms with van der Waals surface area (Å²) in [6.45, 7) is 0. The summed E-state index contributed by atoms with van der Waals surface area (Å²) in [6, 6.07) is 6.43. The summed E-state index contributed by atoms with van der Waals surface area (Å²) < 4.78 is 19.0. The first-order valence-corrected chi connectivity index (χ1v) is 9.47. The van der Waals surface area contributed by atoms with Gasteiger partial charge in [0.1, 0.15) is 22.0 Å². The minimum absolute atomic E-state index is 0.257. The third-order valence-corrected chi connectivity index (χ3v) is 5.75. The van der Waals surface area contributed by atoms with Crippen LogP contribution in [0.2, 0.25) is 0 Å². The number of benzene rings is 1. The van der Waals surface area contributed by atoms with Gasteiger partial charge in [-0.15, -0.1) is 21.5 Å². The second-order valence-corrected chi connectivity index (χ2v) is 7.60. The van der Waals surface area contributed by atoms with Gasteiger partial charge in [-0.3, -0.25) is 0 Å². The zero-order valence-electron chi connectivity index (χ0n) is 12.8. The van der Waals surface area contributed by atoms with Crippen LogP contribution in [0.1, 0.15) is 24.7 Å². The van der Waals surface area contributed by atoms with Crippen LogP contribution in [0, 0.1) is 5.82 Å². The Balaban J connectivity index is 1.57. The van der Waals surface area contributed by atoms with E-state index in [9.17, 15) is 4.39 Å². The number of halogens is 1. The number of rotatable bonds is 4. The van der Waals surface area contributed by atoms with Gasteiger partial charge < -0.3 is 4.42 Å². The number of hydrogen-bond donors (Lipinski definition) is 0. The lowest BCUT2D eigenvalue weighted by atomic mass is 10.1. The maximum Gasteiger partial charge on any atom is 0.282 e. The van der Waals surface area contributed by atoms with Gasteiger partial charge in [0.15, 0.2) is 0 Å². The molecule has 3 aromatic heterocycles. The highest BCUT2D eigenvalue weighted by atomic mass is 32.2. The summed E-state index contributed by atoms with van der Waals surface area (Å²) in [5.41, 5.74) is 1.90. The molecule has 0 N–H and O–H groups in total. The minimum Gasteiger partial charge on any atom is -0.415 e. The van der Waals surface area contributed by atoms with Crippen LogP contribution in [0.5, 0.6) is 0 Å². The van der Waals surface area contributed by atoms with Crippen LogP contribution in [0.15, 0.2) is 50.6 Å². The Morgan fingerprint density at radius 3 is 2.76 bits per heavy atom. The van der Waals surface area contributed by atoms with Crippen molar-refractivity contribution < 1.29 is 8.81 Å². The summed E-state index contributed by atoms with van der Waals surface area (Å²) in [5, 5.41) is 12.4. The van der Waals surface area contributed by atoms with Crippen LogP contribution in [-0.2, 0) is 0 Å². The lowest BCUT2D eigenvalue weighted by molar-refractivity contribution is 0.414. The minimum atomic E-state index is -0.257. The SMILES string of the molecule is Fc1ccc(-c2csc3ncnc(Sc4nnc(C5CC5)o4)c23)cc1. The lowest BCUT2D eigenvalue weighted by Gasteiger charge is -2.03. The average Bonchev–Trinajstić information content (AvgIpc) is 3.21. The van der Waals surface area contributed by atoms with Gasteiger partial charge in [0.25, 0.3) is 5.22 Å². The van der Waals surface area contributed by atoms with E-state index in [1.165, 1.54) is 41.6 Å². The molecule has 3 heterocycles. The van der Waals surface area contributed by atoms with Crippen molar-refractivity contribution in [1.82, 2.24) is 20.2 Å². The maximum absolute atomic E-state index is 13.2. The second kappa shape index (κ2) is 5.89. The fourth-order valence-electron chi connectivity index (χ4n) is 2.61. The third-order valence-electron chi connectivity index (χ3n) is 4.02. The van der Waals surface area contributed by atoms with Gasteiger partial charge in [-0.2, -0.15) is 0 Å². The van der Waals surface area contributed by atoms with E-state index in [1.807, 2.05) is 5.38 Å². The molecule has 5 rings (SSSR count). The van der Waals surface area contributed by atoms with E-state index in [2.05, 4.69) is 20.2 Å². The molecule has 0 atom stereocenters. The van der Waals surface area contributed by atoms with Crippen LogP contribution in [0.4, 0.5) is 4.39 Å². The third kappa shape index (κ3) is 2.81. The summed E-state index contributed by atoms with van der Waals surface area (Å²) in [5.74, 6) is 0.868.